The molecule has 0 aromatic carbocycles. The van der Waals surface area contributed by atoms with Crippen molar-refractivity contribution in [1.29, 1.82) is 0 Å². The van der Waals surface area contributed by atoms with E-state index in [2.05, 4.69) is 0 Å². The van der Waals surface area contributed by atoms with Crippen molar-refractivity contribution in [2.45, 2.75) is 65.3 Å². The van der Waals surface area contributed by atoms with Crippen LogP contribution in [0, 0.1) is 5.92 Å². The Morgan fingerprint density at radius 2 is 2.11 bits per heavy atom. The highest BCUT2D eigenvalue weighted by Crippen LogP contribution is 2.33. The third-order valence-electron chi connectivity index (χ3n) is 3.35. The van der Waals surface area contributed by atoms with Gasteiger partial charge in [-0.2, -0.15) is 0 Å². The molecule has 1 heterocycles. The first kappa shape index (κ1) is 16.2. The lowest BCUT2D eigenvalue weighted by molar-refractivity contribution is -0.0645. The van der Waals surface area contributed by atoms with Crippen molar-refractivity contribution >= 4 is 6.09 Å². The van der Waals surface area contributed by atoms with E-state index in [1.54, 1.807) is 4.90 Å². The Morgan fingerprint density at radius 1 is 1.53 bits per heavy atom. The minimum Gasteiger partial charge on any atom is -0.444 e. The number of nitrogens with zero attached hydrogens (tertiary/aromatic N) is 1. The lowest BCUT2D eigenvalue weighted by Crippen LogP contribution is -2.51. The van der Waals surface area contributed by atoms with Gasteiger partial charge >= 0.3 is 6.09 Å². The van der Waals surface area contributed by atoms with Crippen LogP contribution in [0.25, 0.3) is 0 Å². The van der Waals surface area contributed by atoms with Crippen molar-refractivity contribution < 1.29 is 19.4 Å². The summed E-state index contributed by atoms with van der Waals surface area (Å²) in [6.07, 6.45) is 0.286. The van der Waals surface area contributed by atoms with Crippen LogP contribution in [0.1, 0.15) is 48.0 Å². The summed E-state index contributed by atoms with van der Waals surface area (Å²) in [5.41, 5.74) is -1.20. The van der Waals surface area contributed by atoms with Gasteiger partial charge in [-0.25, -0.2) is 4.79 Å². The molecule has 1 aliphatic heterocycles. The zero-order valence-electron chi connectivity index (χ0n) is 12.9. The number of amides is 1. The van der Waals surface area contributed by atoms with Gasteiger partial charge < -0.3 is 14.6 Å². The molecule has 1 N–H and O–H groups in total. The number of hydrogen-bond acceptors (Lipinski definition) is 4. The minimum absolute atomic E-state index is 0.0583. The van der Waals surface area contributed by atoms with Crippen molar-refractivity contribution in [3.05, 3.63) is 0 Å². The van der Waals surface area contributed by atoms with Crippen LogP contribution in [0.2, 0.25) is 0 Å². The maximum atomic E-state index is 12.4. The van der Waals surface area contributed by atoms with Gasteiger partial charge in [-0.1, -0.05) is 6.92 Å². The molecule has 1 saturated heterocycles. The van der Waals surface area contributed by atoms with Gasteiger partial charge in [0.25, 0.3) is 0 Å². The van der Waals surface area contributed by atoms with Gasteiger partial charge in [-0.3, -0.25) is 4.90 Å². The Labute approximate surface area is 115 Å². The largest absolute Gasteiger partial charge is 0.444 e. The van der Waals surface area contributed by atoms with Crippen LogP contribution in [0.3, 0.4) is 0 Å². The molecule has 112 valence electrons. The zero-order chi connectivity index (χ0) is 14.8. The van der Waals surface area contributed by atoms with E-state index in [1.165, 1.54) is 0 Å². The number of carbonyl (C=O) groups excluding carboxylic acids is 1. The van der Waals surface area contributed by atoms with E-state index in [9.17, 15) is 4.79 Å². The average Bonchev–Trinajstić information content (AvgIpc) is 2.51. The van der Waals surface area contributed by atoms with E-state index < -0.39 is 11.3 Å². The Kier molecular flexibility index (Phi) is 4.85. The Balaban J connectivity index is 2.87. The normalized spacial score (nSPS) is 24.4. The van der Waals surface area contributed by atoms with Gasteiger partial charge in [0.2, 0.25) is 0 Å². The number of aliphatic hydroxyl groups excluding tert-OH is 1. The first-order chi connectivity index (χ1) is 8.58. The number of rotatable bonds is 3. The molecule has 1 aliphatic rings. The molecule has 1 fully saturated rings. The van der Waals surface area contributed by atoms with E-state index in [-0.39, 0.29) is 24.7 Å². The van der Waals surface area contributed by atoms with Crippen molar-refractivity contribution in [1.82, 2.24) is 4.90 Å². The molecular weight excluding hydrogens is 246 g/mol. The maximum absolute atomic E-state index is 12.4. The van der Waals surface area contributed by atoms with Crippen LogP contribution in [0.5, 0.6) is 0 Å². The summed E-state index contributed by atoms with van der Waals surface area (Å²) < 4.78 is 11.2. The number of carbonyl (C=O) groups is 1. The topological polar surface area (TPSA) is 59.0 Å². The smallest absolute Gasteiger partial charge is 0.412 e. The lowest BCUT2D eigenvalue weighted by Gasteiger charge is -2.36. The van der Waals surface area contributed by atoms with Crippen LogP contribution in [-0.2, 0) is 9.47 Å². The third kappa shape index (κ3) is 4.08. The number of hydrogen-bond donors (Lipinski definition) is 1. The molecule has 0 aliphatic carbocycles. The highest BCUT2D eigenvalue weighted by molar-refractivity contribution is 5.69. The van der Waals surface area contributed by atoms with Crippen molar-refractivity contribution in [2.24, 2.45) is 5.92 Å². The summed E-state index contributed by atoms with van der Waals surface area (Å²) in [7, 11) is 0. The summed E-state index contributed by atoms with van der Waals surface area (Å²) in [6.45, 7) is 11.9. The summed E-state index contributed by atoms with van der Waals surface area (Å²) in [6, 6.07) is -0.0583. The third-order valence-corrected chi connectivity index (χ3v) is 3.35. The fourth-order valence-corrected chi connectivity index (χ4v) is 2.31. The average molecular weight is 273 g/mol. The molecule has 0 bridgehead atoms. The SMILES string of the molecule is C[C@H](CCO)[C@H]1COC(C)(C)N1C(=O)OC(C)(C)C. The fraction of sp³-hybridized carbons (Fsp3) is 0.929. The van der Waals surface area contributed by atoms with Gasteiger partial charge in [0, 0.05) is 6.61 Å². The second-order valence-electron chi connectivity index (χ2n) is 6.67. The molecule has 0 aromatic rings. The monoisotopic (exact) mass is 273 g/mol. The second-order valence-corrected chi connectivity index (χ2v) is 6.67. The summed E-state index contributed by atoms with van der Waals surface area (Å²) in [5.74, 6) is 0.166. The predicted octanol–water partition coefficient (Wildman–Crippen LogP) is 2.38. The molecule has 0 spiro atoms. The Bertz CT molecular complexity index is 322. The predicted molar refractivity (Wildman–Crippen MR) is 72.8 cm³/mol. The summed E-state index contributed by atoms with van der Waals surface area (Å²) in [4.78, 5) is 14.0. The first-order valence-corrected chi connectivity index (χ1v) is 6.85. The summed E-state index contributed by atoms with van der Waals surface area (Å²) >= 11 is 0. The standard InChI is InChI=1S/C14H27NO4/c1-10(7-8-16)11-9-18-14(5,6)15(11)12(17)19-13(2,3)4/h10-11,16H,7-9H2,1-6H3/t10-,11-/m1/s1. The van der Waals surface area contributed by atoms with Gasteiger partial charge in [-0.05, 0) is 47.0 Å². The Hall–Kier alpha value is -0.810. The molecule has 5 heteroatoms. The molecule has 19 heavy (non-hydrogen) atoms. The van der Waals surface area contributed by atoms with Crippen molar-refractivity contribution in [2.75, 3.05) is 13.2 Å². The highest BCUT2D eigenvalue weighted by Gasteiger charge is 2.47. The zero-order valence-corrected chi connectivity index (χ0v) is 12.9. The quantitative estimate of drug-likeness (QED) is 0.857. The van der Waals surface area contributed by atoms with Crippen molar-refractivity contribution in [3.8, 4) is 0 Å². The van der Waals surface area contributed by atoms with E-state index in [1.807, 2.05) is 41.5 Å². The van der Waals surface area contributed by atoms with Crippen LogP contribution >= 0.6 is 0 Å². The minimum atomic E-state index is -0.670. The van der Waals surface area contributed by atoms with Crippen LogP contribution in [-0.4, -0.2) is 46.7 Å². The van der Waals surface area contributed by atoms with Gasteiger partial charge in [-0.15, -0.1) is 0 Å². The number of ether oxygens (including phenoxy) is 2. The highest BCUT2D eigenvalue weighted by atomic mass is 16.6. The second kappa shape index (κ2) is 5.67. The molecule has 5 nitrogen and oxygen atoms in total. The molecule has 2 atom stereocenters. The van der Waals surface area contributed by atoms with Crippen LogP contribution in [0.4, 0.5) is 4.79 Å². The maximum Gasteiger partial charge on any atom is 0.412 e. The van der Waals surface area contributed by atoms with Crippen LogP contribution < -0.4 is 0 Å². The van der Waals surface area contributed by atoms with Gasteiger partial charge in [0.15, 0.2) is 0 Å². The van der Waals surface area contributed by atoms with E-state index in [0.717, 1.165) is 0 Å². The number of aliphatic hydroxyl groups is 1. The molecule has 0 aromatic heterocycles. The molecular formula is C14H27NO4. The molecule has 1 rings (SSSR count). The van der Waals surface area contributed by atoms with Crippen molar-refractivity contribution in [3.63, 3.8) is 0 Å². The molecule has 0 radical (unpaired) electrons. The lowest BCUT2D eigenvalue weighted by atomic mass is 9.98. The van der Waals surface area contributed by atoms with Crippen LogP contribution in [0.15, 0.2) is 0 Å². The fourth-order valence-electron chi connectivity index (χ4n) is 2.31. The summed E-state index contributed by atoms with van der Waals surface area (Å²) in [5, 5.41) is 9.06. The Morgan fingerprint density at radius 3 is 2.58 bits per heavy atom. The molecule has 1 amide bonds. The van der Waals surface area contributed by atoms with E-state index in [4.69, 9.17) is 14.6 Å². The van der Waals surface area contributed by atoms with E-state index >= 15 is 0 Å². The molecule has 0 unspecified atom stereocenters. The van der Waals surface area contributed by atoms with Gasteiger partial charge in [0.1, 0.15) is 11.3 Å². The van der Waals surface area contributed by atoms with E-state index in [0.29, 0.717) is 13.0 Å². The molecule has 0 saturated carbocycles. The first-order valence-electron chi connectivity index (χ1n) is 6.85. The van der Waals surface area contributed by atoms with Gasteiger partial charge in [0.05, 0.1) is 12.6 Å².